The Morgan fingerprint density at radius 1 is 1.53 bits per heavy atom. The molecule has 0 aromatic carbocycles. The Labute approximate surface area is 109 Å². The van der Waals surface area contributed by atoms with Crippen LogP contribution in [-0.2, 0) is 4.74 Å². The van der Waals surface area contributed by atoms with Crippen molar-refractivity contribution in [3.05, 3.63) is 30.1 Å². The minimum absolute atomic E-state index is 0.432. The predicted molar refractivity (Wildman–Crippen MR) is 68.1 cm³/mol. The van der Waals surface area contributed by atoms with E-state index in [4.69, 9.17) is 10.00 Å². The fourth-order valence-corrected chi connectivity index (χ4v) is 2.26. The van der Waals surface area contributed by atoms with E-state index in [0.29, 0.717) is 31.2 Å². The van der Waals surface area contributed by atoms with Gasteiger partial charge in [0.2, 0.25) is 0 Å². The molecule has 1 atom stereocenters. The molecule has 96 valence electrons. The molecule has 0 N–H and O–H groups in total. The fourth-order valence-electron chi connectivity index (χ4n) is 2.26. The lowest BCUT2D eigenvalue weighted by atomic mass is 10.3. The van der Waals surface area contributed by atoms with Gasteiger partial charge in [0.15, 0.2) is 18.2 Å². The van der Waals surface area contributed by atoms with E-state index in [1.807, 2.05) is 23.1 Å². The summed E-state index contributed by atoms with van der Waals surface area (Å²) in [4.78, 5) is 17.7. The average Bonchev–Trinajstić information content (AvgIpc) is 2.86. The van der Waals surface area contributed by atoms with Gasteiger partial charge in [-0.1, -0.05) is 6.07 Å². The number of nitriles is 1. The molecule has 0 bridgehead atoms. The molecule has 2 aromatic rings. The topological polar surface area (TPSA) is 70.6 Å². The lowest BCUT2D eigenvalue weighted by Gasteiger charge is -2.30. The van der Waals surface area contributed by atoms with Crippen molar-refractivity contribution in [1.82, 2.24) is 9.38 Å². The van der Waals surface area contributed by atoms with Gasteiger partial charge in [0, 0.05) is 12.7 Å². The first kappa shape index (κ1) is 11.7. The number of aldehydes is 1. The largest absolute Gasteiger partial charge is 0.360 e. The van der Waals surface area contributed by atoms with Gasteiger partial charge in [-0.2, -0.15) is 5.26 Å². The van der Waals surface area contributed by atoms with Crippen LogP contribution in [0.25, 0.3) is 5.65 Å². The quantitative estimate of drug-likeness (QED) is 0.746. The highest BCUT2D eigenvalue weighted by Crippen LogP contribution is 2.22. The zero-order valence-electron chi connectivity index (χ0n) is 10.2. The number of imidazole rings is 1. The molecule has 0 aliphatic carbocycles. The first-order valence-corrected chi connectivity index (χ1v) is 6.02. The number of rotatable bonds is 2. The Morgan fingerprint density at radius 2 is 2.42 bits per heavy atom. The second kappa shape index (κ2) is 4.71. The third kappa shape index (κ3) is 1.94. The molecule has 6 nitrogen and oxygen atoms in total. The summed E-state index contributed by atoms with van der Waals surface area (Å²) < 4.78 is 7.05. The van der Waals surface area contributed by atoms with Crippen LogP contribution in [0, 0.1) is 11.3 Å². The number of anilines is 1. The van der Waals surface area contributed by atoms with Gasteiger partial charge in [-0.15, -0.1) is 0 Å². The van der Waals surface area contributed by atoms with Crippen LogP contribution < -0.4 is 4.90 Å². The summed E-state index contributed by atoms with van der Waals surface area (Å²) in [5.74, 6) is 0.616. The van der Waals surface area contributed by atoms with Gasteiger partial charge in [0.05, 0.1) is 19.2 Å². The SMILES string of the molecule is N#CC1CN(c2nc3ccccn3c2C=O)CCO1. The summed E-state index contributed by atoms with van der Waals surface area (Å²) in [6, 6.07) is 7.66. The molecule has 1 aliphatic rings. The van der Waals surface area contributed by atoms with Crippen molar-refractivity contribution in [3.63, 3.8) is 0 Å². The second-order valence-corrected chi connectivity index (χ2v) is 4.30. The monoisotopic (exact) mass is 256 g/mol. The lowest BCUT2D eigenvalue weighted by molar-refractivity contribution is 0.0760. The molecule has 1 unspecified atom stereocenters. The van der Waals surface area contributed by atoms with Crippen LogP contribution in [0.1, 0.15) is 10.5 Å². The highest BCUT2D eigenvalue weighted by Gasteiger charge is 2.24. The van der Waals surface area contributed by atoms with E-state index in [2.05, 4.69) is 11.1 Å². The van der Waals surface area contributed by atoms with Crippen LogP contribution >= 0.6 is 0 Å². The van der Waals surface area contributed by atoms with Gasteiger partial charge in [0.25, 0.3) is 0 Å². The molecule has 0 radical (unpaired) electrons. The summed E-state index contributed by atoms with van der Waals surface area (Å²) in [6.07, 6.45) is 2.13. The maximum Gasteiger partial charge on any atom is 0.170 e. The second-order valence-electron chi connectivity index (χ2n) is 4.30. The Morgan fingerprint density at radius 3 is 3.21 bits per heavy atom. The number of carbonyl (C=O) groups is 1. The van der Waals surface area contributed by atoms with Crippen molar-refractivity contribution in [2.75, 3.05) is 24.6 Å². The van der Waals surface area contributed by atoms with Crippen LogP contribution in [0.15, 0.2) is 24.4 Å². The van der Waals surface area contributed by atoms with Gasteiger partial charge in [-0.25, -0.2) is 4.98 Å². The smallest absolute Gasteiger partial charge is 0.170 e. The minimum Gasteiger partial charge on any atom is -0.360 e. The Kier molecular flexibility index (Phi) is 2.89. The van der Waals surface area contributed by atoms with Crippen LogP contribution in [0.4, 0.5) is 5.82 Å². The van der Waals surface area contributed by atoms with E-state index in [-0.39, 0.29) is 0 Å². The van der Waals surface area contributed by atoms with E-state index < -0.39 is 6.10 Å². The average molecular weight is 256 g/mol. The highest BCUT2D eigenvalue weighted by molar-refractivity contribution is 5.83. The molecular weight excluding hydrogens is 244 g/mol. The molecule has 2 aromatic heterocycles. The van der Waals surface area contributed by atoms with Gasteiger partial charge >= 0.3 is 0 Å². The van der Waals surface area contributed by atoms with Gasteiger partial charge in [-0.05, 0) is 12.1 Å². The number of nitrogens with zero attached hydrogens (tertiary/aromatic N) is 4. The molecule has 0 amide bonds. The Hall–Kier alpha value is -2.39. The molecule has 0 spiro atoms. The van der Waals surface area contributed by atoms with Crippen LogP contribution in [-0.4, -0.2) is 41.5 Å². The molecule has 0 saturated carbocycles. The molecule has 6 heteroatoms. The maximum atomic E-state index is 11.3. The number of carbonyl (C=O) groups excluding carboxylic acids is 1. The molecule has 3 heterocycles. The number of morpholine rings is 1. The van der Waals surface area contributed by atoms with Crippen molar-refractivity contribution in [3.8, 4) is 6.07 Å². The number of ether oxygens (including phenoxy) is 1. The first-order chi connectivity index (χ1) is 9.33. The van der Waals surface area contributed by atoms with Crippen LogP contribution in [0.3, 0.4) is 0 Å². The molecule has 1 saturated heterocycles. The third-order valence-corrected chi connectivity index (χ3v) is 3.17. The summed E-state index contributed by atoms with van der Waals surface area (Å²) in [6.45, 7) is 1.52. The van der Waals surface area contributed by atoms with E-state index in [9.17, 15) is 4.79 Å². The van der Waals surface area contributed by atoms with Crippen molar-refractivity contribution >= 4 is 17.8 Å². The molecule has 1 aliphatic heterocycles. The lowest BCUT2D eigenvalue weighted by Crippen LogP contribution is -2.42. The fraction of sp³-hybridized carbons (Fsp3) is 0.308. The molecule has 1 fully saturated rings. The van der Waals surface area contributed by atoms with E-state index in [1.165, 1.54) is 0 Å². The van der Waals surface area contributed by atoms with Gasteiger partial charge < -0.3 is 9.64 Å². The predicted octanol–water partition coefficient (Wildman–Crippen LogP) is 0.876. The summed E-state index contributed by atoms with van der Waals surface area (Å²) in [7, 11) is 0. The minimum atomic E-state index is -0.474. The van der Waals surface area contributed by atoms with Gasteiger partial charge in [0.1, 0.15) is 11.3 Å². The number of aromatic nitrogens is 2. The molecule has 19 heavy (non-hydrogen) atoms. The van der Waals surface area contributed by atoms with Crippen molar-refractivity contribution < 1.29 is 9.53 Å². The number of fused-ring (bicyclic) bond motifs is 1. The zero-order valence-corrected chi connectivity index (χ0v) is 10.2. The highest BCUT2D eigenvalue weighted by atomic mass is 16.5. The normalized spacial score (nSPS) is 19.3. The summed E-state index contributed by atoms with van der Waals surface area (Å²) in [5, 5.41) is 8.93. The number of hydrogen-bond donors (Lipinski definition) is 0. The summed E-state index contributed by atoms with van der Waals surface area (Å²) >= 11 is 0. The first-order valence-electron chi connectivity index (χ1n) is 6.02. The number of hydrogen-bond acceptors (Lipinski definition) is 5. The Bertz CT molecular complexity index is 658. The Balaban J connectivity index is 2.04. The maximum absolute atomic E-state index is 11.3. The standard InChI is InChI=1S/C13H12N4O2/c14-7-10-8-16(5-6-19-10)13-11(9-18)17-4-2-1-3-12(17)15-13/h1-4,9-10H,5-6,8H2. The summed E-state index contributed by atoms with van der Waals surface area (Å²) in [5.41, 5.74) is 1.23. The van der Waals surface area contributed by atoms with Crippen LogP contribution in [0.2, 0.25) is 0 Å². The van der Waals surface area contributed by atoms with E-state index in [1.54, 1.807) is 10.6 Å². The molecule has 3 rings (SSSR count). The van der Waals surface area contributed by atoms with E-state index in [0.717, 1.165) is 11.9 Å². The molecular formula is C13H12N4O2. The van der Waals surface area contributed by atoms with Gasteiger partial charge in [-0.3, -0.25) is 9.20 Å². The van der Waals surface area contributed by atoms with Crippen molar-refractivity contribution in [2.45, 2.75) is 6.10 Å². The number of pyridine rings is 1. The van der Waals surface area contributed by atoms with Crippen molar-refractivity contribution in [1.29, 1.82) is 5.26 Å². The van der Waals surface area contributed by atoms with E-state index >= 15 is 0 Å². The zero-order chi connectivity index (χ0) is 13.2. The van der Waals surface area contributed by atoms with Crippen LogP contribution in [0.5, 0.6) is 0 Å². The third-order valence-electron chi connectivity index (χ3n) is 3.17. The van der Waals surface area contributed by atoms with Crippen molar-refractivity contribution in [2.24, 2.45) is 0 Å².